The number of hydrogen-bond donors (Lipinski definition) is 0. The van der Waals surface area contributed by atoms with Crippen molar-refractivity contribution in [1.82, 2.24) is 0 Å². The molecule has 7 saturated carbocycles. The molecular formula is C24H40O3. The van der Waals surface area contributed by atoms with E-state index >= 15 is 0 Å². The minimum Gasteiger partial charge on any atom is -0.436 e. The molecule has 0 aromatic rings. The summed E-state index contributed by atoms with van der Waals surface area (Å²) in [5, 5.41) is 0. The average Bonchev–Trinajstić information content (AvgIpc) is 2.66. The highest BCUT2D eigenvalue weighted by molar-refractivity contribution is 5.75. The minimum absolute atomic E-state index is 0.00370. The summed E-state index contributed by atoms with van der Waals surface area (Å²) >= 11 is 0. The number of rotatable bonds is 5. The summed E-state index contributed by atoms with van der Waals surface area (Å²) in [5.74, 6) is 6.62. The van der Waals surface area contributed by atoms with Crippen LogP contribution in [0.1, 0.15) is 86.5 Å². The standard InChI is InChI=1S/C22H34O3.C2H6/c1-5-21(3,4)20(23)24-12(2)25-22-9-17-14-6-13-7-15(17)19(11-22)16(8-13)18(14)10-22;1-2/h12-19H,5-11H2,1-4H3;1-2H3. The molecule has 7 aliphatic rings. The molecule has 0 heterocycles. The molecule has 0 saturated heterocycles. The first-order valence-corrected chi connectivity index (χ1v) is 11.7. The predicted molar refractivity (Wildman–Crippen MR) is 107 cm³/mol. The lowest BCUT2D eigenvalue weighted by molar-refractivity contribution is -0.301. The zero-order valence-corrected chi connectivity index (χ0v) is 18.3. The van der Waals surface area contributed by atoms with Crippen LogP contribution in [0.4, 0.5) is 0 Å². The Bertz CT molecular complexity index is 520. The lowest BCUT2D eigenvalue weighted by Gasteiger charge is -2.72. The van der Waals surface area contributed by atoms with Crippen LogP contribution >= 0.6 is 0 Å². The Kier molecular flexibility index (Phi) is 4.93. The van der Waals surface area contributed by atoms with Crippen molar-refractivity contribution in [1.29, 1.82) is 0 Å². The van der Waals surface area contributed by atoms with Gasteiger partial charge in [0, 0.05) is 0 Å². The van der Waals surface area contributed by atoms with Crippen LogP contribution in [0.15, 0.2) is 0 Å². The SMILES string of the molecule is CC.CCC(C)(C)C(=O)OC(C)OC12CC3C4CC5CC3C(C1)C(C5)C4C2. The van der Waals surface area contributed by atoms with E-state index in [2.05, 4.69) is 0 Å². The maximum atomic E-state index is 12.4. The van der Waals surface area contributed by atoms with Crippen LogP contribution in [-0.2, 0) is 14.3 Å². The van der Waals surface area contributed by atoms with Crippen LogP contribution in [-0.4, -0.2) is 17.9 Å². The molecular weight excluding hydrogens is 336 g/mol. The third-order valence-corrected chi connectivity index (χ3v) is 9.06. The molecule has 7 fully saturated rings. The summed E-state index contributed by atoms with van der Waals surface area (Å²) in [5.41, 5.74) is -0.416. The lowest BCUT2D eigenvalue weighted by Crippen LogP contribution is -2.68. The smallest absolute Gasteiger partial charge is 0.313 e. The molecule has 0 amide bonds. The normalized spacial score (nSPS) is 46.8. The average molecular weight is 377 g/mol. The van der Waals surface area contributed by atoms with Gasteiger partial charge in [0.25, 0.3) is 0 Å². The van der Waals surface area contributed by atoms with E-state index in [0.717, 1.165) is 47.8 Å². The Morgan fingerprint density at radius 3 is 1.81 bits per heavy atom. The molecule has 154 valence electrons. The summed E-state index contributed by atoms with van der Waals surface area (Å²) < 4.78 is 12.3. The van der Waals surface area contributed by atoms with Crippen molar-refractivity contribution in [2.45, 2.75) is 98.4 Å². The van der Waals surface area contributed by atoms with Crippen LogP contribution in [0.25, 0.3) is 0 Å². The van der Waals surface area contributed by atoms with Crippen molar-refractivity contribution < 1.29 is 14.3 Å². The molecule has 3 heteroatoms. The van der Waals surface area contributed by atoms with Crippen molar-refractivity contribution in [3.05, 3.63) is 0 Å². The molecule has 8 bridgehead atoms. The fourth-order valence-corrected chi connectivity index (χ4v) is 7.82. The van der Waals surface area contributed by atoms with Gasteiger partial charge in [-0.3, -0.25) is 4.79 Å². The van der Waals surface area contributed by atoms with Gasteiger partial charge >= 0.3 is 5.97 Å². The van der Waals surface area contributed by atoms with Crippen LogP contribution in [0.2, 0.25) is 0 Å². The van der Waals surface area contributed by atoms with Crippen molar-refractivity contribution in [2.24, 2.45) is 46.8 Å². The van der Waals surface area contributed by atoms with Gasteiger partial charge in [0.1, 0.15) is 0 Å². The second kappa shape index (κ2) is 6.75. The highest BCUT2D eigenvalue weighted by Gasteiger charge is 2.68. The monoisotopic (exact) mass is 376 g/mol. The first kappa shape index (κ1) is 19.7. The highest BCUT2D eigenvalue weighted by atomic mass is 16.7. The van der Waals surface area contributed by atoms with Crippen molar-refractivity contribution in [3.63, 3.8) is 0 Å². The summed E-state index contributed by atoms with van der Waals surface area (Å²) in [6.07, 6.45) is 8.57. The van der Waals surface area contributed by atoms with E-state index < -0.39 is 11.7 Å². The summed E-state index contributed by atoms with van der Waals surface area (Å²) in [6, 6.07) is 0. The van der Waals surface area contributed by atoms with E-state index in [9.17, 15) is 4.79 Å². The summed E-state index contributed by atoms with van der Waals surface area (Å²) in [4.78, 5) is 12.4. The quantitative estimate of drug-likeness (QED) is 0.448. The van der Waals surface area contributed by atoms with Gasteiger partial charge in [0.05, 0.1) is 11.0 Å². The molecule has 27 heavy (non-hydrogen) atoms. The van der Waals surface area contributed by atoms with E-state index in [1.807, 2.05) is 41.5 Å². The number of carbonyl (C=O) groups is 1. The Labute approximate surface area is 165 Å². The largest absolute Gasteiger partial charge is 0.436 e. The third kappa shape index (κ3) is 2.98. The van der Waals surface area contributed by atoms with Gasteiger partial charge in [-0.15, -0.1) is 0 Å². The number of esters is 1. The maximum absolute atomic E-state index is 12.4. The molecule has 0 aromatic carbocycles. The van der Waals surface area contributed by atoms with Gasteiger partial charge < -0.3 is 9.47 Å². The maximum Gasteiger partial charge on any atom is 0.313 e. The minimum atomic E-state index is -0.420. The number of carbonyl (C=O) groups excluding carboxylic acids is 1. The highest BCUT2D eigenvalue weighted by Crippen LogP contribution is 2.72. The van der Waals surface area contributed by atoms with E-state index in [-0.39, 0.29) is 11.6 Å². The van der Waals surface area contributed by atoms with Crippen molar-refractivity contribution >= 4 is 5.97 Å². The van der Waals surface area contributed by atoms with Crippen LogP contribution in [0.5, 0.6) is 0 Å². The second-order valence-corrected chi connectivity index (χ2v) is 10.7. The van der Waals surface area contributed by atoms with Crippen LogP contribution < -0.4 is 0 Å². The summed E-state index contributed by atoms with van der Waals surface area (Å²) in [7, 11) is 0. The molecule has 1 atom stereocenters. The van der Waals surface area contributed by atoms with Gasteiger partial charge in [0.15, 0.2) is 0 Å². The molecule has 0 radical (unpaired) electrons. The van der Waals surface area contributed by atoms with Crippen molar-refractivity contribution in [3.8, 4) is 0 Å². The first-order valence-electron chi connectivity index (χ1n) is 11.7. The van der Waals surface area contributed by atoms with Gasteiger partial charge in [-0.2, -0.15) is 0 Å². The van der Waals surface area contributed by atoms with Gasteiger partial charge in [-0.1, -0.05) is 20.8 Å². The lowest BCUT2D eigenvalue weighted by atomic mass is 9.35. The van der Waals surface area contributed by atoms with Crippen LogP contribution in [0, 0.1) is 46.8 Å². The molecule has 0 N–H and O–H groups in total. The number of ether oxygens (including phenoxy) is 2. The van der Waals surface area contributed by atoms with E-state index in [0.29, 0.717) is 0 Å². The molecule has 3 nitrogen and oxygen atoms in total. The van der Waals surface area contributed by atoms with Gasteiger partial charge in [-0.05, 0) is 107 Å². The molecule has 0 aromatic heterocycles. The number of hydrogen-bond acceptors (Lipinski definition) is 3. The van der Waals surface area contributed by atoms with Crippen molar-refractivity contribution in [2.75, 3.05) is 0 Å². The Hall–Kier alpha value is -0.570. The first-order chi connectivity index (χ1) is 12.8. The van der Waals surface area contributed by atoms with E-state index in [1.54, 1.807) is 0 Å². The van der Waals surface area contributed by atoms with Crippen LogP contribution in [0.3, 0.4) is 0 Å². The molecule has 1 unspecified atom stereocenters. The Morgan fingerprint density at radius 2 is 1.41 bits per heavy atom. The van der Waals surface area contributed by atoms with E-state index in [4.69, 9.17) is 9.47 Å². The molecule has 7 rings (SSSR count). The zero-order valence-electron chi connectivity index (χ0n) is 18.3. The molecule has 0 spiro atoms. The van der Waals surface area contributed by atoms with Gasteiger partial charge in [-0.25, -0.2) is 0 Å². The molecule has 0 aliphatic heterocycles. The predicted octanol–water partition coefficient (Wildman–Crippen LogP) is 5.82. The van der Waals surface area contributed by atoms with E-state index in [1.165, 1.54) is 38.5 Å². The molecule has 7 aliphatic carbocycles. The Balaban J connectivity index is 0.000000872. The second-order valence-electron chi connectivity index (χ2n) is 10.7. The Morgan fingerprint density at radius 1 is 0.963 bits per heavy atom. The fraction of sp³-hybridized carbons (Fsp3) is 0.958. The summed E-state index contributed by atoms with van der Waals surface area (Å²) in [6.45, 7) is 11.9. The topological polar surface area (TPSA) is 35.5 Å². The van der Waals surface area contributed by atoms with Gasteiger partial charge in [0.2, 0.25) is 6.29 Å². The third-order valence-electron chi connectivity index (χ3n) is 9.06. The zero-order chi connectivity index (χ0) is 19.6. The fourth-order valence-electron chi connectivity index (χ4n) is 7.82.